The zero-order valence-electron chi connectivity index (χ0n) is 22.5. The van der Waals surface area contributed by atoms with Gasteiger partial charge in [0, 0.05) is 51.2 Å². The summed E-state index contributed by atoms with van der Waals surface area (Å²) in [7, 11) is 1.56. The van der Waals surface area contributed by atoms with Gasteiger partial charge < -0.3 is 29.7 Å². The molecule has 2 aromatic heterocycles. The molecule has 2 atom stereocenters. The molecule has 2 unspecified atom stereocenters. The second-order valence-electron chi connectivity index (χ2n) is 9.48. The van der Waals surface area contributed by atoms with Crippen LogP contribution in [0.4, 0.5) is 10.6 Å². The minimum absolute atomic E-state index is 0.119. The third-order valence-electron chi connectivity index (χ3n) is 6.64. The van der Waals surface area contributed by atoms with Crippen molar-refractivity contribution in [2.45, 2.75) is 45.3 Å². The van der Waals surface area contributed by atoms with Crippen molar-refractivity contribution < 1.29 is 14.3 Å². The molecule has 39 heavy (non-hydrogen) atoms. The summed E-state index contributed by atoms with van der Waals surface area (Å²) in [5.74, 6) is 1.81. The van der Waals surface area contributed by atoms with E-state index in [-0.39, 0.29) is 30.4 Å². The van der Waals surface area contributed by atoms with Crippen LogP contribution in [0.3, 0.4) is 0 Å². The van der Waals surface area contributed by atoms with Gasteiger partial charge in [0.05, 0.1) is 37.1 Å². The lowest BCUT2D eigenvalue weighted by molar-refractivity contribution is -0.122. The van der Waals surface area contributed by atoms with E-state index in [0.717, 1.165) is 17.8 Å². The van der Waals surface area contributed by atoms with Crippen LogP contribution in [0.25, 0.3) is 0 Å². The van der Waals surface area contributed by atoms with Gasteiger partial charge in [-0.15, -0.1) is 0 Å². The number of ether oxygens (including phenoxy) is 1. The van der Waals surface area contributed by atoms with Crippen LogP contribution in [0.5, 0.6) is 5.75 Å². The predicted molar refractivity (Wildman–Crippen MR) is 149 cm³/mol. The van der Waals surface area contributed by atoms with E-state index in [2.05, 4.69) is 25.5 Å². The first-order chi connectivity index (χ1) is 18.9. The zero-order chi connectivity index (χ0) is 27.8. The van der Waals surface area contributed by atoms with Gasteiger partial charge in [-0.2, -0.15) is 0 Å². The van der Waals surface area contributed by atoms with Gasteiger partial charge in [-0.25, -0.2) is 19.7 Å². The molecule has 208 valence electrons. The number of hydrogen-bond acceptors (Lipinski definition) is 7. The average molecular weight is 555 g/mol. The van der Waals surface area contributed by atoms with Gasteiger partial charge in [0.15, 0.2) is 0 Å². The predicted octanol–water partition coefficient (Wildman–Crippen LogP) is 3.26. The summed E-state index contributed by atoms with van der Waals surface area (Å²) in [6, 6.07) is 6.65. The molecule has 1 aliphatic heterocycles. The van der Waals surface area contributed by atoms with Crippen molar-refractivity contribution in [3.63, 3.8) is 0 Å². The van der Waals surface area contributed by atoms with Crippen molar-refractivity contribution in [1.29, 1.82) is 0 Å². The van der Waals surface area contributed by atoms with Crippen LogP contribution in [0.1, 0.15) is 44.1 Å². The summed E-state index contributed by atoms with van der Waals surface area (Å²) in [5.41, 5.74) is 0.871. The van der Waals surface area contributed by atoms with E-state index in [0.29, 0.717) is 49.3 Å². The Balaban J connectivity index is 1.49. The molecule has 1 saturated heterocycles. The molecule has 0 bridgehead atoms. The molecule has 2 N–H and O–H groups in total. The zero-order valence-corrected chi connectivity index (χ0v) is 23.3. The molecule has 1 aromatic carbocycles. The Bertz CT molecular complexity index is 1260. The number of anilines is 1. The van der Waals surface area contributed by atoms with Crippen molar-refractivity contribution in [2.75, 3.05) is 38.2 Å². The van der Waals surface area contributed by atoms with E-state index in [1.165, 1.54) is 0 Å². The number of imidazole rings is 1. The number of carbonyl (C=O) groups excluding carboxylic acids is 2. The Kier molecular flexibility index (Phi) is 9.59. The van der Waals surface area contributed by atoms with Crippen molar-refractivity contribution >= 4 is 29.4 Å². The molecule has 3 amide bonds. The van der Waals surface area contributed by atoms with Gasteiger partial charge in [-0.1, -0.05) is 24.6 Å². The number of carbonyl (C=O) groups is 2. The normalized spacial score (nSPS) is 16.1. The van der Waals surface area contributed by atoms with Crippen LogP contribution in [-0.4, -0.2) is 75.7 Å². The van der Waals surface area contributed by atoms with Crippen molar-refractivity contribution in [2.24, 2.45) is 0 Å². The largest absolute Gasteiger partial charge is 0.495 e. The number of nitrogens with zero attached hydrogens (tertiary/aromatic N) is 6. The maximum absolute atomic E-state index is 13.2. The smallest absolute Gasteiger partial charge is 0.317 e. The Morgan fingerprint density at radius 1 is 1.23 bits per heavy atom. The number of methoxy groups -OCH3 is 1. The lowest BCUT2D eigenvalue weighted by Crippen LogP contribution is -2.58. The number of amides is 3. The Morgan fingerprint density at radius 2 is 2.08 bits per heavy atom. The standard InChI is InChI=1S/C27H35ClN8O3/c1-4-8-31-27(38)35-12-13-36(25-7-9-30-24(33-25)17-34-11-10-29-18-34)21(16-35)15-26(37)32-19(2)20-5-6-23(39-3)22(28)14-20/h5-7,9-11,14,18-19,21H,4,8,12-13,15-17H2,1-3H3,(H,31,38)(H,32,37). The molecule has 4 rings (SSSR count). The highest BCUT2D eigenvalue weighted by atomic mass is 35.5. The molecular formula is C27H35ClN8O3. The van der Waals surface area contributed by atoms with Crippen LogP contribution >= 0.6 is 11.6 Å². The van der Waals surface area contributed by atoms with Crippen LogP contribution in [0.15, 0.2) is 49.2 Å². The molecular weight excluding hydrogens is 520 g/mol. The van der Waals surface area contributed by atoms with Gasteiger partial charge >= 0.3 is 6.03 Å². The second-order valence-corrected chi connectivity index (χ2v) is 9.89. The summed E-state index contributed by atoms with van der Waals surface area (Å²) in [4.78, 5) is 43.1. The van der Waals surface area contributed by atoms with Crippen molar-refractivity contribution in [1.82, 2.24) is 35.1 Å². The first-order valence-corrected chi connectivity index (χ1v) is 13.5. The summed E-state index contributed by atoms with van der Waals surface area (Å²) in [6.07, 6.45) is 8.05. The monoisotopic (exact) mass is 554 g/mol. The first kappa shape index (κ1) is 28.2. The second kappa shape index (κ2) is 13.3. The lowest BCUT2D eigenvalue weighted by Gasteiger charge is -2.42. The summed E-state index contributed by atoms with van der Waals surface area (Å²) < 4.78 is 7.13. The number of rotatable bonds is 10. The van der Waals surface area contributed by atoms with Crippen molar-refractivity contribution in [3.05, 3.63) is 65.6 Å². The number of aromatic nitrogens is 4. The number of urea groups is 1. The molecule has 0 aliphatic carbocycles. The molecule has 0 saturated carbocycles. The van der Waals surface area contributed by atoms with Gasteiger partial charge in [0.25, 0.3) is 0 Å². The highest BCUT2D eigenvalue weighted by molar-refractivity contribution is 6.32. The molecule has 1 fully saturated rings. The lowest BCUT2D eigenvalue weighted by atomic mass is 10.1. The topological polar surface area (TPSA) is 118 Å². The number of hydrogen-bond donors (Lipinski definition) is 2. The molecule has 0 spiro atoms. The Morgan fingerprint density at radius 3 is 2.79 bits per heavy atom. The van der Waals surface area contributed by atoms with Gasteiger partial charge in [0.1, 0.15) is 17.4 Å². The summed E-state index contributed by atoms with van der Waals surface area (Å²) in [5, 5.41) is 6.50. The first-order valence-electron chi connectivity index (χ1n) is 13.1. The average Bonchev–Trinajstić information content (AvgIpc) is 3.44. The van der Waals surface area contributed by atoms with Crippen molar-refractivity contribution in [3.8, 4) is 5.75 Å². The van der Waals surface area contributed by atoms with E-state index in [4.69, 9.17) is 21.3 Å². The minimum atomic E-state index is -0.270. The molecule has 11 nitrogen and oxygen atoms in total. The van der Waals surface area contributed by atoms with Gasteiger partial charge in [-0.05, 0) is 37.1 Å². The number of piperazine rings is 1. The molecule has 3 heterocycles. The Hall–Kier alpha value is -3.86. The molecule has 3 aromatic rings. The van der Waals surface area contributed by atoms with Crippen LogP contribution in [0, 0.1) is 0 Å². The van der Waals surface area contributed by atoms with Crippen LogP contribution in [-0.2, 0) is 11.3 Å². The van der Waals surface area contributed by atoms with E-state index < -0.39 is 0 Å². The summed E-state index contributed by atoms with van der Waals surface area (Å²) >= 11 is 6.29. The molecule has 0 radical (unpaired) electrons. The Labute approximate surface area is 233 Å². The minimum Gasteiger partial charge on any atom is -0.495 e. The third-order valence-corrected chi connectivity index (χ3v) is 6.93. The highest BCUT2D eigenvalue weighted by Gasteiger charge is 2.32. The maximum atomic E-state index is 13.2. The fourth-order valence-corrected chi connectivity index (χ4v) is 4.84. The quantitative estimate of drug-likeness (QED) is 0.395. The van der Waals surface area contributed by atoms with E-state index >= 15 is 0 Å². The molecule has 1 aliphatic rings. The SMILES string of the molecule is CCCNC(=O)N1CCN(c2ccnc(Cn3ccnc3)n2)C(CC(=O)NC(C)c2ccc(OC)c(Cl)c2)C1. The molecule has 12 heteroatoms. The summed E-state index contributed by atoms with van der Waals surface area (Å²) in [6.45, 7) is 6.48. The number of benzene rings is 1. The van der Waals surface area contributed by atoms with Gasteiger partial charge in [-0.3, -0.25) is 4.79 Å². The fraction of sp³-hybridized carbons (Fsp3) is 0.444. The van der Waals surface area contributed by atoms with E-state index in [1.54, 1.807) is 42.9 Å². The van der Waals surface area contributed by atoms with Crippen LogP contribution < -0.4 is 20.3 Å². The van der Waals surface area contributed by atoms with E-state index in [9.17, 15) is 9.59 Å². The fourth-order valence-electron chi connectivity index (χ4n) is 4.58. The van der Waals surface area contributed by atoms with Gasteiger partial charge in [0.2, 0.25) is 5.91 Å². The van der Waals surface area contributed by atoms with E-state index in [1.807, 2.05) is 36.7 Å². The number of halogens is 1. The highest BCUT2D eigenvalue weighted by Crippen LogP contribution is 2.28. The number of nitrogens with one attached hydrogen (secondary N) is 2. The van der Waals surface area contributed by atoms with Crippen LogP contribution in [0.2, 0.25) is 5.02 Å². The third kappa shape index (κ3) is 7.38. The maximum Gasteiger partial charge on any atom is 0.317 e.